The van der Waals surface area contributed by atoms with Gasteiger partial charge in [0.05, 0.1) is 12.3 Å². The molecule has 2 rings (SSSR count). The number of rotatable bonds is 10. The lowest BCUT2D eigenvalue weighted by Crippen LogP contribution is -2.19. The maximum Gasteiger partial charge on any atom is 0.194 e. The van der Waals surface area contributed by atoms with Crippen molar-refractivity contribution >= 4 is 28.1 Å². The van der Waals surface area contributed by atoms with Crippen LogP contribution >= 0.6 is 23.1 Å². The Bertz CT molecular complexity index is 509. The number of nitrogens with one attached hydrogen (secondary N) is 1. The van der Waals surface area contributed by atoms with E-state index >= 15 is 0 Å². The molecule has 0 unspecified atom stereocenters. The fourth-order valence-electron chi connectivity index (χ4n) is 1.99. The molecule has 0 bridgehead atoms. The Morgan fingerprint density at radius 3 is 3.15 bits per heavy atom. The SMILES string of the molecule is CCCCCSc1nc2sccn2c1CNCCOC. The minimum Gasteiger partial charge on any atom is -0.383 e. The fraction of sp³-hybridized carbons (Fsp3) is 0.643. The highest BCUT2D eigenvalue weighted by Crippen LogP contribution is 2.26. The average molecular weight is 313 g/mol. The van der Waals surface area contributed by atoms with E-state index in [1.54, 1.807) is 18.4 Å². The van der Waals surface area contributed by atoms with Crippen LogP contribution in [0, 0.1) is 0 Å². The van der Waals surface area contributed by atoms with Crippen LogP contribution in [-0.2, 0) is 11.3 Å². The van der Waals surface area contributed by atoms with E-state index in [1.807, 2.05) is 11.8 Å². The number of methoxy groups -OCH3 is 1. The van der Waals surface area contributed by atoms with Gasteiger partial charge in [0, 0.05) is 31.8 Å². The van der Waals surface area contributed by atoms with Crippen LogP contribution in [0.4, 0.5) is 0 Å². The average Bonchev–Trinajstić information content (AvgIpc) is 3.02. The van der Waals surface area contributed by atoms with E-state index in [-0.39, 0.29) is 0 Å². The van der Waals surface area contributed by atoms with Gasteiger partial charge < -0.3 is 10.1 Å². The van der Waals surface area contributed by atoms with Crippen LogP contribution in [-0.4, -0.2) is 35.4 Å². The Morgan fingerprint density at radius 1 is 1.45 bits per heavy atom. The van der Waals surface area contributed by atoms with Gasteiger partial charge in [-0.3, -0.25) is 4.40 Å². The summed E-state index contributed by atoms with van der Waals surface area (Å²) in [6, 6.07) is 0. The van der Waals surface area contributed by atoms with Gasteiger partial charge in [-0.1, -0.05) is 19.8 Å². The summed E-state index contributed by atoms with van der Waals surface area (Å²) in [5, 5.41) is 6.69. The molecule has 0 saturated heterocycles. The Kier molecular flexibility index (Phi) is 6.86. The molecule has 112 valence electrons. The summed E-state index contributed by atoms with van der Waals surface area (Å²) in [5.41, 5.74) is 1.28. The van der Waals surface area contributed by atoms with E-state index in [1.165, 1.54) is 30.0 Å². The number of thiazole rings is 1. The largest absolute Gasteiger partial charge is 0.383 e. The molecular weight excluding hydrogens is 290 g/mol. The first kappa shape index (κ1) is 15.8. The molecule has 0 aliphatic rings. The van der Waals surface area contributed by atoms with Crippen molar-refractivity contribution in [2.24, 2.45) is 0 Å². The molecule has 2 heterocycles. The molecule has 2 aromatic rings. The van der Waals surface area contributed by atoms with Gasteiger partial charge in [-0.15, -0.1) is 23.1 Å². The number of ether oxygens (including phenoxy) is 1. The summed E-state index contributed by atoms with van der Waals surface area (Å²) < 4.78 is 7.27. The first-order valence-electron chi connectivity index (χ1n) is 7.13. The van der Waals surface area contributed by atoms with E-state index in [0.29, 0.717) is 0 Å². The monoisotopic (exact) mass is 313 g/mol. The number of thioether (sulfide) groups is 1. The second-order valence-corrected chi connectivity index (χ2v) is 6.60. The smallest absolute Gasteiger partial charge is 0.194 e. The zero-order chi connectivity index (χ0) is 14.2. The number of aromatic nitrogens is 2. The van der Waals surface area contributed by atoms with Crippen LogP contribution < -0.4 is 5.32 Å². The molecule has 2 aromatic heterocycles. The van der Waals surface area contributed by atoms with Crippen molar-refractivity contribution in [1.29, 1.82) is 0 Å². The minimum atomic E-state index is 0.741. The van der Waals surface area contributed by atoms with Crippen molar-refractivity contribution in [3.63, 3.8) is 0 Å². The predicted molar refractivity (Wildman–Crippen MR) is 86.9 cm³/mol. The van der Waals surface area contributed by atoms with Gasteiger partial charge in [-0.05, 0) is 12.2 Å². The van der Waals surface area contributed by atoms with Gasteiger partial charge in [0.25, 0.3) is 0 Å². The molecule has 0 aromatic carbocycles. The Morgan fingerprint density at radius 2 is 2.35 bits per heavy atom. The first-order chi connectivity index (χ1) is 9.86. The number of nitrogens with zero attached hydrogens (tertiary/aromatic N) is 2. The highest BCUT2D eigenvalue weighted by molar-refractivity contribution is 7.99. The zero-order valence-electron chi connectivity index (χ0n) is 12.2. The Balaban J connectivity index is 1.98. The van der Waals surface area contributed by atoms with Crippen molar-refractivity contribution in [3.8, 4) is 0 Å². The van der Waals surface area contributed by atoms with Gasteiger partial charge in [0.1, 0.15) is 5.03 Å². The molecule has 0 spiro atoms. The maximum absolute atomic E-state index is 5.07. The number of hydrogen-bond donors (Lipinski definition) is 1. The highest BCUT2D eigenvalue weighted by Gasteiger charge is 2.12. The van der Waals surface area contributed by atoms with Crippen LogP contribution in [0.2, 0.25) is 0 Å². The number of imidazole rings is 1. The minimum absolute atomic E-state index is 0.741. The van der Waals surface area contributed by atoms with Gasteiger partial charge in [-0.25, -0.2) is 4.98 Å². The topological polar surface area (TPSA) is 38.6 Å². The van der Waals surface area contributed by atoms with Gasteiger partial charge in [-0.2, -0.15) is 0 Å². The van der Waals surface area contributed by atoms with Crippen LogP contribution in [0.3, 0.4) is 0 Å². The highest BCUT2D eigenvalue weighted by atomic mass is 32.2. The van der Waals surface area contributed by atoms with Crippen LogP contribution in [0.25, 0.3) is 4.96 Å². The third-order valence-electron chi connectivity index (χ3n) is 3.09. The number of hydrogen-bond acceptors (Lipinski definition) is 5. The molecule has 0 radical (unpaired) electrons. The normalized spacial score (nSPS) is 11.5. The standard InChI is InChI=1S/C14H23N3OS2/c1-3-4-5-9-19-13-12(11-15-6-8-18-2)17-7-10-20-14(17)16-13/h7,10,15H,3-6,8-9,11H2,1-2H3. The molecular formula is C14H23N3OS2. The predicted octanol–water partition coefficient (Wildman–Crippen LogP) is 3.41. The van der Waals surface area contributed by atoms with E-state index < -0.39 is 0 Å². The van der Waals surface area contributed by atoms with Crippen LogP contribution in [0.15, 0.2) is 16.6 Å². The van der Waals surface area contributed by atoms with E-state index in [9.17, 15) is 0 Å². The lowest BCUT2D eigenvalue weighted by atomic mass is 10.3. The zero-order valence-corrected chi connectivity index (χ0v) is 13.9. The summed E-state index contributed by atoms with van der Waals surface area (Å²) >= 11 is 3.58. The third kappa shape index (κ3) is 4.22. The maximum atomic E-state index is 5.07. The lowest BCUT2D eigenvalue weighted by molar-refractivity contribution is 0.199. The van der Waals surface area contributed by atoms with Crippen LogP contribution in [0.5, 0.6) is 0 Å². The van der Waals surface area contributed by atoms with Crippen molar-refractivity contribution in [3.05, 3.63) is 17.3 Å². The summed E-state index contributed by atoms with van der Waals surface area (Å²) in [5.74, 6) is 1.16. The van der Waals surface area contributed by atoms with Crippen molar-refractivity contribution in [2.75, 3.05) is 26.0 Å². The number of fused-ring (bicyclic) bond motifs is 1. The second-order valence-electron chi connectivity index (χ2n) is 4.64. The van der Waals surface area contributed by atoms with E-state index in [0.717, 1.165) is 30.4 Å². The van der Waals surface area contributed by atoms with Crippen molar-refractivity contribution in [1.82, 2.24) is 14.7 Å². The molecule has 1 N–H and O–H groups in total. The van der Waals surface area contributed by atoms with Gasteiger partial charge in [0.2, 0.25) is 0 Å². The molecule has 0 amide bonds. The van der Waals surface area contributed by atoms with Gasteiger partial charge >= 0.3 is 0 Å². The van der Waals surface area contributed by atoms with Crippen molar-refractivity contribution < 1.29 is 4.74 Å². The molecule has 0 aliphatic heterocycles. The Labute approximate surface area is 128 Å². The number of unbranched alkanes of at least 4 members (excludes halogenated alkanes) is 2. The second kappa shape index (κ2) is 8.67. The van der Waals surface area contributed by atoms with Gasteiger partial charge in [0.15, 0.2) is 4.96 Å². The van der Waals surface area contributed by atoms with E-state index in [2.05, 4.69) is 28.2 Å². The molecule has 6 heteroatoms. The van der Waals surface area contributed by atoms with Crippen molar-refractivity contribution in [2.45, 2.75) is 37.8 Å². The lowest BCUT2D eigenvalue weighted by Gasteiger charge is -2.06. The third-order valence-corrected chi connectivity index (χ3v) is 4.94. The molecule has 0 atom stereocenters. The quantitative estimate of drug-likeness (QED) is 0.539. The fourth-order valence-corrected chi connectivity index (χ4v) is 3.81. The Hall–Kier alpha value is -0.560. The molecule has 0 saturated carbocycles. The first-order valence-corrected chi connectivity index (χ1v) is 9.00. The summed E-state index contributed by atoms with van der Waals surface area (Å²) in [4.78, 5) is 5.83. The van der Waals surface area contributed by atoms with Crippen LogP contribution in [0.1, 0.15) is 31.9 Å². The summed E-state index contributed by atoms with van der Waals surface area (Å²) in [7, 11) is 1.73. The molecule has 0 fully saturated rings. The molecule has 0 aliphatic carbocycles. The summed E-state index contributed by atoms with van der Waals surface area (Å²) in [6.07, 6.45) is 5.94. The molecule has 4 nitrogen and oxygen atoms in total. The summed E-state index contributed by atoms with van der Waals surface area (Å²) in [6.45, 7) is 4.69. The molecule has 20 heavy (non-hydrogen) atoms. The van der Waals surface area contributed by atoms with E-state index in [4.69, 9.17) is 9.72 Å².